The number of urea groups is 1. The number of fused-ring (bicyclic) bond motifs is 2. The van der Waals surface area contributed by atoms with Crippen molar-refractivity contribution in [3.8, 4) is 5.75 Å². The second-order valence-corrected chi connectivity index (χ2v) is 9.28. The largest absolute Gasteiger partial charge is 0.497 e. The molecule has 192 valence electrons. The van der Waals surface area contributed by atoms with Crippen molar-refractivity contribution >= 4 is 34.9 Å². The fraction of sp³-hybridized carbons (Fsp3) is 0.320. The highest BCUT2D eigenvalue weighted by Crippen LogP contribution is 2.34. The van der Waals surface area contributed by atoms with Crippen molar-refractivity contribution in [1.82, 2.24) is 30.7 Å². The molecule has 0 spiro atoms. The van der Waals surface area contributed by atoms with Gasteiger partial charge in [0.1, 0.15) is 17.0 Å². The summed E-state index contributed by atoms with van der Waals surface area (Å²) >= 11 is 0. The lowest BCUT2D eigenvalue weighted by Crippen LogP contribution is -2.52. The van der Waals surface area contributed by atoms with Gasteiger partial charge in [-0.1, -0.05) is 6.07 Å². The predicted octanol–water partition coefficient (Wildman–Crippen LogP) is 0.819. The van der Waals surface area contributed by atoms with Gasteiger partial charge in [-0.05, 0) is 37.9 Å². The molecule has 0 radical (unpaired) electrons. The minimum atomic E-state index is -1.67. The number of rotatable bonds is 8. The van der Waals surface area contributed by atoms with Gasteiger partial charge in [-0.2, -0.15) is 0 Å². The quantitative estimate of drug-likeness (QED) is 0.381. The van der Waals surface area contributed by atoms with Crippen LogP contribution in [0.25, 0.3) is 11.1 Å². The third kappa shape index (κ3) is 4.35. The number of imide groups is 1. The molecule has 0 saturated carbocycles. The number of amides is 5. The number of carbonyl (C=O) groups excluding carboxylic acids is 4. The topological polar surface area (TPSA) is 146 Å². The van der Waals surface area contributed by atoms with Crippen molar-refractivity contribution in [3.05, 3.63) is 59.0 Å². The zero-order chi connectivity index (χ0) is 26.3. The molecular weight excluding hydrogens is 480 g/mol. The molecule has 3 N–H and O–H groups in total. The molecule has 1 atom stereocenters. The smallest absolute Gasteiger partial charge is 0.322 e. The monoisotopic (exact) mass is 506 g/mol. The molecule has 1 unspecified atom stereocenters. The number of ether oxygens (including phenoxy) is 1. The SMILES string of the molecule is COc1ccc2c(c1)C(=O)N(CC1(c3cc4ncc(C(=O)NCCN(C)C)cc4o3)NC(=O)NC1=O)C2. The number of carbonyl (C=O) groups is 4. The summed E-state index contributed by atoms with van der Waals surface area (Å²) < 4.78 is 11.2. The number of methoxy groups -OCH3 is 1. The zero-order valence-electron chi connectivity index (χ0n) is 20.6. The maximum absolute atomic E-state index is 13.2. The first-order valence-corrected chi connectivity index (χ1v) is 11.6. The molecule has 4 heterocycles. The third-order valence-electron chi connectivity index (χ3n) is 6.46. The number of nitrogens with one attached hydrogen (secondary N) is 3. The lowest BCUT2D eigenvalue weighted by atomic mass is 9.95. The number of hydrogen-bond acceptors (Lipinski definition) is 8. The van der Waals surface area contributed by atoms with Crippen molar-refractivity contribution in [1.29, 1.82) is 0 Å². The fourth-order valence-corrected chi connectivity index (χ4v) is 4.48. The first-order valence-electron chi connectivity index (χ1n) is 11.6. The number of likely N-dealkylation sites (N-methyl/N-ethyl adjacent to an activating group) is 1. The lowest BCUT2D eigenvalue weighted by molar-refractivity contribution is -0.125. The Morgan fingerprint density at radius 2 is 2.05 bits per heavy atom. The average molecular weight is 507 g/mol. The van der Waals surface area contributed by atoms with Crippen LogP contribution in [-0.4, -0.2) is 79.4 Å². The second-order valence-electron chi connectivity index (χ2n) is 9.28. The summed E-state index contributed by atoms with van der Waals surface area (Å²) in [5, 5.41) is 7.70. The van der Waals surface area contributed by atoms with E-state index >= 15 is 0 Å². The first-order chi connectivity index (χ1) is 17.7. The van der Waals surface area contributed by atoms with Crippen LogP contribution in [0.2, 0.25) is 0 Å². The standard InChI is InChI=1S/C25H26N6O6/c1-30(2)7-6-26-21(32)15-8-19-18(27-11-15)10-20(37-19)25(23(34)28-24(35)29-25)13-31-12-14-4-5-16(36-3)9-17(14)22(31)33/h4-5,8-11H,6-7,12-13H2,1-3H3,(H,26,32)(H2,28,29,34,35). The van der Waals surface area contributed by atoms with Crippen molar-refractivity contribution in [2.75, 3.05) is 40.8 Å². The van der Waals surface area contributed by atoms with Crippen molar-refractivity contribution in [2.24, 2.45) is 0 Å². The van der Waals surface area contributed by atoms with E-state index < -0.39 is 17.5 Å². The van der Waals surface area contributed by atoms with Gasteiger partial charge < -0.3 is 29.6 Å². The summed E-state index contributed by atoms with van der Waals surface area (Å²) in [5.41, 5.74) is 0.532. The number of benzene rings is 1. The molecule has 1 saturated heterocycles. The summed E-state index contributed by atoms with van der Waals surface area (Å²) in [6.45, 7) is 1.22. The summed E-state index contributed by atoms with van der Waals surface area (Å²) in [5.74, 6) is -0.621. The highest BCUT2D eigenvalue weighted by Gasteiger charge is 2.53. The van der Waals surface area contributed by atoms with Crippen molar-refractivity contribution in [2.45, 2.75) is 12.1 Å². The maximum atomic E-state index is 13.2. The van der Waals surface area contributed by atoms with Gasteiger partial charge in [0.05, 0.1) is 19.2 Å². The van der Waals surface area contributed by atoms with Crippen LogP contribution in [0.1, 0.15) is 32.0 Å². The molecule has 5 amide bonds. The summed E-state index contributed by atoms with van der Waals surface area (Å²) in [7, 11) is 5.33. The molecule has 5 rings (SSSR count). The molecule has 0 bridgehead atoms. The fourth-order valence-electron chi connectivity index (χ4n) is 4.48. The Hall–Kier alpha value is -4.45. The van der Waals surface area contributed by atoms with Crippen LogP contribution in [0.4, 0.5) is 4.79 Å². The van der Waals surface area contributed by atoms with Crippen LogP contribution in [-0.2, 0) is 16.9 Å². The van der Waals surface area contributed by atoms with E-state index in [0.717, 1.165) is 5.56 Å². The minimum Gasteiger partial charge on any atom is -0.497 e. The van der Waals surface area contributed by atoms with Gasteiger partial charge in [0.15, 0.2) is 11.1 Å². The summed E-state index contributed by atoms with van der Waals surface area (Å²) in [6, 6.07) is 7.56. The zero-order valence-corrected chi connectivity index (χ0v) is 20.6. The van der Waals surface area contributed by atoms with Gasteiger partial charge in [-0.25, -0.2) is 4.79 Å². The molecule has 0 aliphatic carbocycles. The lowest BCUT2D eigenvalue weighted by Gasteiger charge is -2.28. The van der Waals surface area contributed by atoms with E-state index in [9.17, 15) is 19.2 Å². The number of nitrogens with zero attached hydrogens (tertiary/aromatic N) is 3. The van der Waals surface area contributed by atoms with Gasteiger partial charge in [-0.3, -0.25) is 24.7 Å². The molecule has 2 aromatic heterocycles. The van der Waals surface area contributed by atoms with Crippen LogP contribution in [0, 0.1) is 0 Å². The van der Waals surface area contributed by atoms with Crippen LogP contribution in [0.5, 0.6) is 5.75 Å². The second kappa shape index (κ2) is 9.21. The minimum absolute atomic E-state index is 0.102. The summed E-state index contributed by atoms with van der Waals surface area (Å²) in [4.78, 5) is 58.7. The van der Waals surface area contributed by atoms with Gasteiger partial charge in [-0.15, -0.1) is 0 Å². The van der Waals surface area contributed by atoms with Gasteiger partial charge in [0.2, 0.25) is 0 Å². The van der Waals surface area contributed by atoms with E-state index in [1.807, 2.05) is 19.0 Å². The van der Waals surface area contributed by atoms with Crippen LogP contribution < -0.4 is 20.7 Å². The van der Waals surface area contributed by atoms with Crippen LogP contribution in [0.3, 0.4) is 0 Å². The Morgan fingerprint density at radius 3 is 2.76 bits per heavy atom. The molecule has 3 aromatic rings. The van der Waals surface area contributed by atoms with Gasteiger partial charge >= 0.3 is 6.03 Å². The number of furan rings is 1. The number of hydrogen-bond donors (Lipinski definition) is 3. The Labute approximate surface area is 211 Å². The Kier molecular flexibility index (Phi) is 6.04. The van der Waals surface area contributed by atoms with E-state index in [1.54, 1.807) is 18.2 Å². The first kappa shape index (κ1) is 24.3. The summed E-state index contributed by atoms with van der Waals surface area (Å²) in [6.07, 6.45) is 1.42. The van der Waals surface area contributed by atoms with E-state index in [0.29, 0.717) is 35.5 Å². The molecule has 2 aliphatic rings. The highest BCUT2D eigenvalue weighted by molar-refractivity contribution is 6.08. The number of aromatic nitrogens is 1. The Balaban J connectivity index is 1.44. The molecule has 12 heteroatoms. The van der Waals surface area contributed by atoms with Crippen molar-refractivity contribution in [3.63, 3.8) is 0 Å². The molecule has 37 heavy (non-hydrogen) atoms. The Bertz CT molecular complexity index is 1430. The maximum Gasteiger partial charge on any atom is 0.322 e. The molecule has 12 nitrogen and oxygen atoms in total. The van der Waals surface area contributed by atoms with E-state index in [4.69, 9.17) is 9.15 Å². The molecular formula is C25H26N6O6. The average Bonchev–Trinajstić information content (AvgIpc) is 3.52. The van der Waals surface area contributed by atoms with Gasteiger partial charge in [0.25, 0.3) is 17.7 Å². The number of pyridine rings is 1. The Morgan fingerprint density at radius 1 is 1.24 bits per heavy atom. The van der Waals surface area contributed by atoms with Gasteiger partial charge in [0, 0.05) is 37.5 Å². The van der Waals surface area contributed by atoms with Crippen LogP contribution in [0.15, 0.2) is 40.9 Å². The normalized spacial score (nSPS) is 18.8. The predicted molar refractivity (Wildman–Crippen MR) is 131 cm³/mol. The van der Waals surface area contributed by atoms with E-state index in [-0.39, 0.29) is 36.2 Å². The third-order valence-corrected chi connectivity index (χ3v) is 6.46. The van der Waals surface area contributed by atoms with E-state index in [1.165, 1.54) is 30.3 Å². The molecule has 2 aliphatic heterocycles. The van der Waals surface area contributed by atoms with E-state index in [2.05, 4.69) is 20.9 Å². The van der Waals surface area contributed by atoms with Crippen molar-refractivity contribution < 1.29 is 28.3 Å². The van der Waals surface area contributed by atoms with Crippen LogP contribution >= 0.6 is 0 Å². The molecule has 1 aromatic carbocycles. The highest BCUT2D eigenvalue weighted by atomic mass is 16.5. The molecule has 1 fully saturated rings.